The largest absolute Gasteiger partial charge is 0.380 e. The van der Waals surface area contributed by atoms with Gasteiger partial charge in [-0.25, -0.2) is 0 Å². The van der Waals surface area contributed by atoms with E-state index in [9.17, 15) is 4.79 Å². The van der Waals surface area contributed by atoms with Crippen molar-refractivity contribution in [2.45, 2.75) is 51.5 Å². The summed E-state index contributed by atoms with van der Waals surface area (Å²) in [5.41, 5.74) is 2.21. The third-order valence-corrected chi connectivity index (χ3v) is 3.61. The fourth-order valence-corrected chi connectivity index (χ4v) is 2.65. The molecular weight excluding hydrogens is 224 g/mol. The van der Waals surface area contributed by atoms with Crippen molar-refractivity contribution in [3.63, 3.8) is 0 Å². The maximum atomic E-state index is 10.9. The number of carbonyl (C=O) groups excluding carboxylic acids is 1. The molecule has 3 heteroatoms. The number of benzene rings is 1. The summed E-state index contributed by atoms with van der Waals surface area (Å²) in [5.74, 6) is -0.0325. The molecule has 1 aliphatic rings. The van der Waals surface area contributed by atoms with Gasteiger partial charge in [-0.2, -0.15) is 0 Å². The summed E-state index contributed by atoms with van der Waals surface area (Å²) in [7, 11) is 0. The van der Waals surface area contributed by atoms with E-state index < -0.39 is 0 Å². The highest BCUT2D eigenvalue weighted by Crippen LogP contribution is 2.31. The highest BCUT2D eigenvalue weighted by molar-refractivity contribution is 5.88. The van der Waals surface area contributed by atoms with Crippen molar-refractivity contribution >= 4 is 17.3 Å². The van der Waals surface area contributed by atoms with E-state index in [0.717, 1.165) is 11.4 Å². The molecule has 0 heterocycles. The smallest absolute Gasteiger partial charge is 0.221 e. The summed E-state index contributed by atoms with van der Waals surface area (Å²) in [6.07, 6.45) is 6.46. The second-order valence-corrected chi connectivity index (χ2v) is 5.50. The van der Waals surface area contributed by atoms with Crippen LogP contribution >= 0.6 is 0 Å². The lowest BCUT2D eigenvalue weighted by Gasteiger charge is -2.35. The molecule has 0 aliphatic heterocycles. The van der Waals surface area contributed by atoms with Crippen LogP contribution in [-0.2, 0) is 4.79 Å². The van der Waals surface area contributed by atoms with Crippen LogP contribution in [0.4, 0.5) is 11.4 Å². The lowest BCUT2D eigenvalue weighted by molar-refractivity contribution is -0.114. The van der Waals surface area contributed by atoms with Gasteiger partial charge < -0.3 is 10.6 Å². The zero-order chi connectivity index (χ0) is 13.0. The van der Waals surface area contributed by atoms with Crippen LogP contribution in [0.1, 0.15) is 46.0 Å². The maximum Gasteiger partial charge on any atom is 0.221 e. The Hall–Kier alpha value is -1.51. The zero-order valence-corrected chi connectivity index (χ0v) is 11.3. The molecule has 0 radical (unpaired) electrons. The summed E-state index contributed by atoms with van der Waals surface area (Å²) in [6, 6.07) is 7.95. The molecule has 0 atom stereocenters. The first-order chi connectivity index (χ1) is 8.57. The SMILES string of the molecule is CC(=O)Nc1ccc(NC2(C)CCCCC2)cc1. The molecule has 0 bridgehead atoms. The van der Waals surface area contributed by atoms with Crippen LogP contribution in [-0.4, -0.2) is 11.4 Å². The van der Waals surface area contributed by atoms with E-state index in [4.69, 9.17) is 0 Å². The van der Waals surface area contributed by atoms with Crippen LogP contribution < -0.4 is 10.6 Å². The zero-order valence-electron chi connectivity index (χ0n) is 11.3. The van der Waals surface area contributed by atoms with Crippen LogP contribution in [0.2, 0.25) is 0 Å². The van der Waals surface area contributed by atoms with Crippen LogP contribution in [0.15, 0.2) is 24.3 Å². The van der Waals surface area contributed by atoms with Crippen LogP contribution in [0, 0.1) is 0 Å². The summed E-state index contributed by atoms with van der Waals surface area (Å²) in [6.45, 7) is 3.82. The first-order valence-corrected chi connectivity index (χ1v) is 6.73. The monoisotopic (exact) mass is 246 g/mol. The Morgan fingerprint density at radius 1 is 1.06 bits per heavy atom. The Balaban J connectivity index is 1.99. The Morgan fingerprint density at radius 3 is 2.17 bits per heavy atom. The van der Waals surface area contributed by atoms with Crippen molar-refractivity contribution in [2.75, 3.05) is 10.6 Å². The Labute approximate surface area is 109 Å². The van der Waals surface area contributed by atoms with Gasteiger partial charge in [-0.05, 0) is 44.0 Å². The second kappa shape index (κ2) is 5.42. The topological polar surface area (TPSA) is 41.1 Å². The van der Waals surface area contributed by atoms with E-state index in [0.29, 0.717) is 0 Å². The Morgan fingerprint density at radius 2 is 1.61 bits per heavy atom. The quantitative estimate of drug-likeness (QED) is 0.852. The van der Waals surface area contributed by atoms with Gasteiger partial charge in [0.05, 0.1) is 0 Å². The second-order valence-electron chi connectivity index (χ2n) is 5.50. The minimum absolute atomic E-state index is 0.0325. The van der Waals surface area contributed by atoms with E-state index in [-0.39, 0.29) is 11.4 Å². The van der Waals surface area contributed by atoms with E-state index in [1.807, 2.05) is 24.3 Å². The average molecular weight is 246 g/mol. The molecule has 18 heavy (non-hydrogen) atoms. The molecule has 0 unspecified atom stereocenters. The van der Waals surface area contributed by atoms with Crippen molar-refractivity contribution < 1.29 is 4.79 Å². The Kier molecular flexibility index (Phi) is 3.90. The molecule has 98 valence electrons. The van der Waals surface area contributed by atoms with Crippen molar-refractivity contribution in [1.82, 2.24) is 0 Å². The number of nitrogens with one attached hydrogen (secondary N) is 2. The van der Waals surface area contributed by atoms with Gasteiger partial charge in [0.25, 0.3) is 0 Å². The van der Waals surface area contributed by atoms with Crippen molar-refractivity contribution in [3.8, 4) is 0 Å². The number of amides is 1. The molecule has 1 aliphatic carbocycles. The van der Waals surface area contributed by atoms with Crippen molar-refractivity contribution in [2.24, 2.45) is 0 Å². The van der Waals surface area contributed by atoms with Crippen LogP contribution in [0.5, 0.6) is 0 Å². The van der Waals surface area contributed by atoms with Crippen molar-refractivity contribution in [1.29, 1.82) is 0 Å². The third-order valence-electron chi connectivity index (χ3n) is 3.61. The average Bonchev–Trinajstić information content (AvgIpc) is 2.31. The van der Waals surface area contributed by atoms with Crippen LogP contribution in [0.25, 0.3) is 0 Å². The number of hydrogen-bond acceptors (Lipinski definition) is 2. The van der Waals surface area contributed by atoms with Gasteiger partial charge in [0.15, 0.2) is 0 Å². The number of hydrogen-bond donors (Lipinski definition) is 2. The minimum atomic E-state index is -0.0325. The molecule has 0 saturated heterocycles. The van der Waals surface area contributed by atoms with Gasteiger partial charge in [0, 0.05) is 23.8 Å². The van der Waals surface area contributed by atoms with Crippen molar-refractivity contribution in [3.05, 3.63) is 24.3 Å². The van der Waals surface area contributed by atoms with Gasteiger partial charge in [0.1, 0.15) is 0 Å². The van der Waals surface area contributed by atoms with E-state index in [1.165, 1.54) is 39.0 Å². The predicted octanol–water partition coefficient (Wildman–Crippen LogP) is 3.78. The molecule has 2 rings (SSSR count). The molecule has 1 saturated carbocycles. The third kappa shape index (κ3) is 3.49. The van der Waals surface area contributed by atoms with Gasteiger partial charge >= 0.3 is 0 Å². The fourth-order valence-electron chi connectivity index (χ4n) is 2.65. The fraction of sp³-hybridized carbons (Fsp3) is 0.533. The molecule has 0 spiro atoms. The predicted molar refractivity (Wildman–Crippen MR) is 75.9 cm³/mol. The number of carbonyl (C=O) groups is 1. The summed E-state index contributed by atoms with van der Waals surface area (Å²) in [5, 5.41) is 6.40. The minimum Gasteiger partial charge on any atom is -0.380 e. The summed E-state index contributed by atoms with van der Waals surface area (Å²) in [4.78, 5) is 10.9. The lowest BCUT2D eigenvalue weighted by Crippen LogP contribution is -2.36. The molecule has 1 aromatic rings. The molecule has 0 aromatic heterocycles. The molecule has 1 fully saturated rings. The Bertz CT molecular complexity index is 405. The van der Waals surface area contributed by atoms with Gasteiger partial charge in [-0.1, -0.05) is 19.3 Å². The van der Waals surface area contributed by atoms with E-state index in [1.54, 1.807) is 0 Å². The number of anilines is 2. The molecule has 1 amide bonds. The molecule has 1 aromatic carbocycles. The van der Waals surface area contributed by atoms with Gasteiger partial charge in [-0.3, -0.25) is 4.79 Å². The maximum absolute atomic E-state index is 10.9. The van der Waals surface area contributed by atoms with Crippen LogP contribution in [0.3, 0.4) is 0 Å². The highest BCUT2D eigenvalue weighted by Gasteiger charge is 2.26. The highest BCUT2D eigenvalue weighted by atomic mass is 16.1. The van der Waals surface area contributed by atoms with E-state index in [2.05, 4.69) is 17.6 Å². The number of rotatable bonds is 3. The van der Waals surface area contributed by atoms with Gasteiger partial charge in [0.2, 0.25) is 5.91 Å². The molecule has 2 N–H and O–H groups in total. The molecule has 3 nitrogen and oxygen atoms in total. The lowest BCUT2D eigenvalue weighted by atomic mass is 9.83. The first kappa shape index (κ1) is 12.9. The summed E-state index contributed by atoms with van der Waals surface area (Å²) >= 11 is 0. The first-order valence-electron chi connectivity index (χ1n) is 6.73. The normalized spacial score (nSPS) is 18.1. The standard InChI is InChI=1S/C15H22N2O/c1-12(18)16-13-6-8-14(9-7-13)17-15(2)10-4-3-5-11-15/h6-9,17H,3-5,10-11H2,1-2H3,(H,16,18). The van der Waals surface area contributed by atoms with Gasteiger partial charge in [-0.15, -0.1) is 0 Å². The van der Waals surface area contributed by atoms with E-state index >= 15 is 0 Å². The summed E-state index contributed by atoms with van der Waals surface area (Å²) < 4.78 is 0. The molecular formula is C15H22N2O.